The van der Waals surface area contributed by atoms with Gasteiger partial charge in [-0.05, 0) is 171 Å². The summed E-state index contributed by atoms with van der Waals surface area (Å²) in [6.45, 7) is 14.2. The molecular weight excluding hydrogens is 1540 g/mol. The molecule has 4 aromatic heterocycles. The number of anilines is 4. The van der Waals surface area contributed by atoms with E-state index in [9.17, 15) is 28.8 Å². The summed E-state index contributed by atoms with van der Waals surface area (Å²) in [4.78, 5) is 95.3. The predicted molar refractivity (Wildman–Crippen MR) is 392 cm³/mol. The van der Waals surface area contributed by atoms with Gasteiger partial charge in [-0.15, -0.1) is 0 Å². The van der Waals surface area contributed by atoms with Crippen molar-refractivity contribution in [2.45, 2.75) is 117 Å². The average molecular weight is 1620 g/mol. The van der Waals surface area contributed by atoms with E-state index in [4.69, 9.17) is 61.6 Å². The molecule has 0 bridgehead atoms. The molecule has 2 fully saturated rings. The van der Waals surface area contributed by atoms with E-state index in [-0.39, 0.29) is 66.7 Å². The lowest BCUT2D eigenvalue weighted by Crippen LogP contribution is -2.49. The fourth-order valence-corrected chi connectivity index (χ4v) is 13.2. The molecule has 8 aromatic rings. The number of alkyl carbamates (subject to hydrolysis) is 2. The van der Waals surface area contributed by atoms with Crippen LogP contribution in [0.3, 0.4) is 0 Å². The van der Waals surface area contributed by atoms with Gasteiger partial charge in [-0.25, -0.2) is 29.1 Å². The van der Waals surface area contributed by atoms with Crippen molar-refractivity contribution in [1.29, 1.82) is 0 Å². The molecule has 4 aromatic carbocycles. The number of carbonyl (C=O) groups is 6. The largest absolute Gasteiger partial charge is 0.497 e. The lowest BCUT2D eigenvalue weighted by atomic mass is 10.1. The number of piperidine rings is 2. The number of nitrogens with zero attached hydrogens (tertiary/aromatic N) is 11. The summed E-state index contributed by atoms with van der Waals surface area (Å²) in [5.41, 5.74) is 3.33. The number of carbonyl (C=O) groups excluding carboxylic acids is 6. The summed E-state index contributed by atoms with van der Waals surface area (Å²) in [7, 11) is 7.33. The van der Waals surface area contributed by atoms with E-state index in [1.165, 1.54) is 40.9 Å². The van der Waals surface area contributed by atoms with Crippen LogP contribution in [0.5, 0.6) is 11.5 Å². The highest BCUT2D eigenvalue weighted by Gasteiger charge is 2.36. The van der Waals surface area contributed by atoms with Crippen LogP contribution in [-0.4, -0.2) is 160 Å². The maximum absolute atomic E-state index is 14.5. The quantitative estimate of drug-likeness (QED) is 0.0363. The standard InChI is InChI=1S/C35H41ClIN7O6.C34H39ClIN7O6/c1-35(2,3)50-34(47)39-24-11-9-17-42(21-24)33-40-30(37)29(43(33)20-23-10-7-8-12-26(23)36)31(45)41(4)27-18-38-44(28(27)32(46)49-6)19-22-13-15-25(48-5)16-14-22;1-34(2,3)49-33(46)38-23-10-8-16-41(20-23)32-40-29(36)28(42(32)19-22-9-6-7-11-25(22)35)30(44)39-26-17-37-43(27(26)31(45)48-5)18-21-12-14-24(47-4)15-13-21/h7-8,10,12-16,18,24H,9,11,17,19-21H2,1-6H3,(H,39,47);6-7,9,11-15,17,23H,8,10,16,18-20H2,1-5H3,(H,38,46)(H,39,44)/t24-;23-/m11/s1. The maximum atomic E-state index is 14.5. The topological polar surface area (TPSA) is 275 Å². The Kier molecular flexibility index (Phi) is 24.9. The molecule has 0 aliphatic carbocycles. The van der Waals surface area contributed by atoms with Gasteiger partial charge >= 0.3 is 24.1 Å². The third-order valence-electron chi connectivity index (χ3n) is 16.0. The van der Waals surface area contributed by atoms with Crippen molar-refractivity contribution < 1.29 is 57.2 Å². The minimum atomic E-state index is -0.655. The first-order valence-electron chi connectivity index (χ1n) is 31.8. The molecule has 99 heavy (non-hydrogen) atoms. The van der Waals surface area contributed by atoms with E-state index in [0.717, 1.165) is 47.9 Å². The van der Waals surface area contributed by atoms with Crippen molar-refractivity contribution in [2.24, 2.45) is 0 Å². The number of hydrogen-bond donors (Lipinski definition) is 3. The third kappa shape index (κ3) is 19.0. The molecule has 0 saturated carbocycles. The Morgan fingerprint density at radius 1 is 0.566 bits per heavy atom. The minimum Gasteiger partial charge on any atom is -0.497 e. The van der Waals surface area contributed by atoms with E-state index < -0.39 is 47.1 Å². The molecule has 2 aliphatic rings. The Bertz CT molecular complexity index is 4200. The van der Waals surface area contributed by atoms with Gasteiger partial charge in [-0.3, -0.25) is 19.0 Å². The first-order chi connectivity index (χ1) is 47.1. The zero-order chi connectivity index (χ0) is 71.5. The number of halogens is 4. The molecule has 3 N–H and O–H groups in total. The molecule has 2 saturated heterocycles. The summed E-state index contributed by atoms with van der Waals surface area (Å²) in [5, 5.41) is 18.8. The molecule has 6 heterocycles. The van der Waals surface area contributed by atoms with Gasteiger partial charge in [0.1, 0.15) is 41.5 Å². The zero-order valence-corrected chi connectivity index (χ0v) is 62.7. The minimum absolute atomic E-state index is 0.0890. The van der Waals surface area contributed by atoms with E-state index >= 15 is 0 Å². The average Bonchev–Trinajstić information content (AvgIpc) is 1.64. The highest BCUT2D eigenvalue weighted by Crippen LogP contribution is 2.33. The van der Waals surface area contributed by atoms with Crippen LogP contribution in [0.15, 0.2) is 109 Å². The number of benzene rings is 4. The van der Waals surface area contributed by atoms with Gasteiger partial charge in [-0.1, -0.05) is 83.9 Å². The van der Waals surface area contributed by atoms with Crippen molar-refractivity contribution in [3.63, 3.8) is 0 Å². The van der Waals surface area contributed by atoms with Gasteiger partial charge in [0, 0.05) is 55.4 Å². The normalized spacial score (nSPS) is 14.7. The van der Waals surface area contributed by atoms with Crippen molar-refractivity contribution in [2.75, 3.05) is 81.7 Å². The van der Waals surface area contributed by atoms with Gasteiger partial charge in [-0.2, -0.15) is 10.2 Å². The van der Waals surface area contributed by atoms with E-state index in [1.54, 1.807) is 33.4 Å². The van der Waals surface area contributed by atoms with Crippen molar-refractivity contribution in [1.82, 2.24) is 49.3 Å². The van der Waals surface area contributed by atoms with Gasteiger partial charge in [0.15, 0.2) is 11.4 Å². The Morgan fingerprint density at radius 2 is 0.990 bits per heavy atom. The zero-order valence-electron chi connectivity index (χ0n) is 56.9. The molecule has 0 radical (unpaired) electrons. The van der Waals surface area contributed by atoms with Crippen molar-refractivity contribution in [3.05, 3.63) is 172 Å². The van der Waals surface area contributed by atoms with E-state index in [2.05, 4.69) is 53.6 Å². The summed E-state index contributed by atoms with van der Waals surface area (Å²) >= 11 is 17.3. The molecule has 0 spiro atoms. The number of ether oxygens (including phenoxy) is 6. The monoisotopic (exact) mass is 1620 g/mol. The number of aromatic nitrogens is 8. The lowest BCUT2D eigenvalue weighted by Gasteiger charge is -2.34. The number of methoxy groups -OCH3 is 4. The van der Waals surface area contributed by atoms with Gasteiger partial charge in [0.25, 0.3) is 11.8 Å². The van der Waals surface area contributed by atoms with Crippen LogP contribution < -0.4 is 40.1 Å². The molecule has 4 amide bonds. The smallest absolute Gasteiger partial charge is 0.407 e. The Balaban J connectivity index is 0.000000231. The van der Waals surface area contributed by atoms with E-state index in [0.29, 0.717) is 72.7 Å². The Morgan fingerprint density at radius 3 is 1.43 bits per heavy atom. The van der Waals surface area contributed by atoms with Crippen LogP contribution in [0.25, 0.3) is 0 Å². The molecule has 2 atom stereocenters. The molecule has 0 unspecified atom stereocenters. The van der Waals surface area contributed by atoms with Crippen LogP contribution in [0.4, 0.5) is 32.9 Å². The fraction of sp³-hybridized carbons (Fsp3) is 0.391. The highest BCUT2D eigenvalue weighted by atomic mass is 127. The predicted octanol–water partition coefficient (Wildman–Crippen LogP) is 12.0. The first kappa shape index (κ1) is 74.6. The first-order valence-corrected chi connectivity index (χ1v) is 34.7. The number of esters is 2. The summed E-state index contributed by atoms with van der Waals surface area (Å²) < 4.78 is 39.3. The number of amides is 4. The molecular formula is C69H80Cl2I2N14O12. The fourth-order valence-electron chi connectivity index (χ4n) is 11.3. The second-order valence-corrected chi connectivity index (χ2v) is 28.3. The maximum Gasteiger partial charge on any atom is 0.407 e. The van der Waals surface area contributed by atoms with Crippen LogP contribution in [0, 0.1) is 7.40 Å². The summed E-state index contributed by atoms with van der Waals surface area (Å²) in [6, 6.07) is 29.2. The number of imidazole rings is 2. The van der Waals surface area contributed by atoms with Crippen LogP contribution in [0.2, 0.25) is 10.0 Å². The number of hydrogen-bond acceptors (Lipinski definition) is 18. The van der Waals surface area contributed by atoms with Crippen molar-refractivity contribution in [3.8, 4) is 11.5 Å². The highest BCUT2D eigenvalue weighted by molar-refractivity contribution is 14.1. The second-order valence-electron chi connectivity index (χ2n) is 25.4. The number of rotatable bonds is 20. The molecule has 26 nitrogen and oxygen atoms in total. The SMILES string of the molecule is COC(=O)c1c(N(C)C(=O)c2c(I)nc(N3CCC[C@@H](NC(=O)OC(C)(C)C)C3)n2Cc2ccccc2Cl)cnn1Cc1ccc(OC)cc1.COC(=O)c1c(NC(=O)c2c(I)nc(N3CCC[C@@H](NC(=O)OC(C)(C)C)C3)n2Cc2ccccc2Cl)cnn1Cc1ccc(OC)cc1. The summed E-state index contributed by atoms with van der Waals surface area (Å²) in [5.74, 6) is 0.321. The molecule has 526 valence electrons. The lowest BCUT2D eigenvalue weighted by molar-refractivity contribution is 0.0488. The number of nitrogens with one attached hydrogen (secondary N) is 3. The van der Waals surface area contributed by atoms with Crippen LogP contribution in [-0.2, 0) is 45.1 Å². The second kappa shape index (κ2) is 33.0. The third-order valence-corrected chi connectivity index (χ3v) is 18.2. The summed E-state index contributed by atoms with van der Waals surface area (Å²) in [6.07, 6.45) is 5.04. The van der Waals surface area contributed by atoms with Gasteiger partial charge in [0.05, 0.1) is 78.4 Å². The van der Waals surface area contributed by atoms with Crippen LogP contribution in [0.1, 0.15) is 131 Å². The molecule has 30 heteroatoms. The molecule has 2 aliphatic heterocycles. The molecule has 10 rings (SSSR count). The Labute approximate surface area is 611 Å². The van der Waals surface area contributed by atoms with Gasteiger partial charge in [0.2, 0.25) is 11.9 Å². The Hall–Kier alpha value is -8.62. The van der Waals surface area contributed by atoms with E-state index in [1.807, 2.05) is 163 Å². The van der Waals surface area contributed by atoms with Crippen LogP contribution >= 0.6 is 68.4 Å². The van der Waals surface area contributed by atoms with Crippen molar-refractivity contribution >= 4 is 128 Å². The van der Waals surface area contributed by atoms with Gasteiger partial charge < -0.3 is 68.2 Å².